The Morgan fingerprint density at radius 2 is 2.42 bits per heavy atom. The lowest BCUT2D eigenvalue weighted by molar-refractivity contribution is 0.0526. The number of nitrogen functional groups attached to an aromatic ring is 1. The molecule has 0 atom stereocenters. The molecule has 2 aromatic rings. The van der Waals surface area contributed by atoms with Gasteiger partial charge in [0.05, 0.1) is 18.6 Å². The fraction of sp³-hybridized carbons (Fsp3) is 0.250. The van der Waals surface area contributed by atoms with Gasteiger partial charge in [-0.05, 0) is 19.1 Å². The fourth-order valence-corrected chi connectivity index (χ4v) is 2.07. The van der Waals surface area contributed by atoms with Gasteiger partial charge in [-0.1, -0.05) is 11.8 Å². The summed E-state index contributed by atoms with van der Waals surface area (Å²) in [5.41, 5.74) is 5.90. The molecule has 0 aromatic carbocycles. The van der Waals surface area contributed by atoms with Gasteiger partial charge >= 0.3 is 5.97 Å². The number of carbonyl (C=O) groups is 1. The van der Waals surface area contributed by atoms with E-state index in [9.17, 15) is 4.79 Å². The molecule has 6 nitrogen and oxygen atoms in total. The number of furan rings is 1. The number of rotatable bonds is 5. The van der Waals surface area contributed by atoms with E-state index in [1.165, 1.54) is 18.0 Å². The van der Waals surface area contributed by atoms with Crippen LogP contribution in [0.25, 0.3) is 0 Å². The van der Waals surface area contributed by atoms with E-state index >= 15 is 0 Å². The number of hydrogen-bond acceptors (Lipinski definition) is 7. The minimum atomic E-state index is -0.511. The normalized spacial score (nSPS) is 10.4. The first-order chi connectivity index (χ1) is 9.20. The Morgan fingerprint density at radius 3 is 3.05 bits per heavy atom. The van der Waals surface area contributed by atoms with Gasteiger partial charge in [-0.3, -0.25) is 0 Å². The summed E-state index contributed by atoms with van der Waals surface area (Å²) in [5, 5.41) is 0.488. The molecule has 0 spiro atoms. The number of nitrogens with two attached hydrogens (primary N) is 1. The molecule has 7 heteroatoms. The van der Waals surface area contributed by atoms with E-state index < -0.39 is 5.97 Å². The van der Waals surface area contributed by atoms with Crippen molar-refractivity contribution >= 4 is 23.5 Å². The lowest BCUT2D eigenvalue weighted by Crippen LogP contribution is -2.10. The maximum Gasteiger partial charge on any atom is 0.343 e. The molecule has 0 radical (unpaired) electrons. The first-order valence-electron chi connectivity index (χ1n) is 5.65. The largest absolute Gasteiger partial charge is 0.468 e. The predicted molar refractivity (Wildman–Crippen MR) is 70.7 cm³/mol. The Morgan fingerprint density at radius 1 is 1.58 bits per heavy atom. The van der Waals surface area contributed by atoms with Crippen LogP contribution in [-0.4, -0.2) is 22.5 Å². The average Bonchev–Trinajstić information content (AvgIpc) is 2.89. The summed E-state index contributed by atoms with van der Waals surface area (Å²) in [6, 6.07) is 3.68. The van der Waals surface area contributed by atoms with Gasteiger partial charge in [0.25, 0.3) is 0 Å². The molecule has 0 amide bonds. The number of thioether (sulfide) groups is 1. The summed E-state index contributed by atoms with van der Waals surface area (Å²) in [6.45, 7) is 2.01. The van der Waals surface area contributed by atoms with Crippen molar-refractivity contribution in [1.82, 2.24) is 9.97 Å². The molecule has 19 heavy (non-hydrogen) atoms. The van der Waals surface area contributed by atoms with Crippen molar-refractivity contribution in [2.45, 2.75) is 17.8 Å². The molecule has 0 saturated heterocycles. The molecule has 0 aliphatic rings. The Kier molecular flexibility index (Phi) is 4.40. The van der Waals surface area contributed by atoms with Gasteiger partial charge in [0.1, 0.15) is 17.1 Å². The van der Waals surface area contributed by atoms with E-state index in [2.05, 4.69) is 9.97 Å². The van der Waals surface area contributed by atoms with Gasteiger partial charge in [-0.25, -0.2) is 14.8 Å². The van der Waals surface area contributed by atoms with E-state index in [0.29, 0.717) is 10.9 Å². The van der Waals surface area contributed by atoms with Crippen molar-refractivity contribution in [2.75, 3.05) is 12.3 Å². The first-order valence-corrected chi connectivity index (χ1v) is 6.64. The molecule has 0 aliphatic carbocycles. The summed E-state index contributed by atoms with van der Waals surface area (Å²) in [6.07, 6.45) is 2.99. The summed E-state index contributed by atoms with van der Waals surface area (Å²) in [5.74, 6) is 1.03. The third kappa shape index (κ3) is 3.47. The zero-order chi connectivity index (χ0) is 13.7. The maximum atomic E-state index is 11.5. The lowest BCUT2D eigenvalue weighted by Gasteiger charge is -2.05. The van der Waals surface area contributed by atoms with Gasteiger partial charge in [-0.15, -0.1) is 0 Å². The first kappa shape index (κ1) is 13.4. The van der Waals surface area contributed by atoms with Crippen molar-refractivity contribution in [3.63, 3.8) is 0 Å². The zero-order valence-electron chi connectivity index (χ0n) is 10.3. The predicted octanol–water partition coefficient (Wildman–Crippen LogP) is 2.12. The third-order valence-corrected chi connectivity index (χ3v) is 3.10. The lowest BCUT2D eigenvalue weighted by atomic mass is 10.3. The van der Waals surface area contributed by atoms with E-state index in [1.807, 2.05) is 12.1 Å². The minimum absolute atomic E-state index is 0.121. The third-order valence-electron chi connectivity index (χ3n) is 2.22. The molecule has 100 valence electrons. The maximum absolute atomic E-state index is 11.5. The second kappa shape index (κ2) is 6.24. The molecule has 2 heterocycles. The number of hydrogen-bond donors (Lipinski definition) is 1. The molecule has 2 N–H and O–H groups in total. The van der Waals surface area contributed by atoms with Crippen LogP contribution >= 0.6 is 11.8 Å². The molecule has 2 aromatic heterocycles. The zero-order valence-corrected chi connectivity index (χ0v) is 11.1. The summed E-state index contributed by atoms with van der Waals surface area (Å²) in [4.78, 5) is 19.7. The fourth-order valence-electron chi connectivity index (χ4n) is 1.34. The Labute approximate surface area is 114 Å². The number of anilines is 1. The van der Waals surface area contributed by atoms with Gasteiger partial charge in [0, 0.05) is 6.20 Å². The average molecular weight is 279 g/mol. The van der Waals surface area contributed by atoms with E-state index in [1.54, 1.807) is 13.2 Å². The Balaban J connectivity index is 2.04. The molecule has 0 bridgehead atoms. The SMILES string of the molecule is CCOC(=O)c1cnc(SCc2ccco2)nc1N. The van der Waals surface area contributed by atoms with Crippen LogP contribution < -0.4 is 5.73 Å². The summed E-state index contributed by atoms with van der Waals surface area (Å²) >= 11 is 1.38. The van der Waals surface area contributed by atoms with Crippen LogP contribution in [0.1, 0.15) is 23.0 Å². The topological polar surface area (TPSA) is 91.2 Å². The summed E-state index contributed by atoms with van der Waals surface area (Å²) in [7, 11) is 0. The van der Waals surface area contributed by atoms with Crippen molar-refractivity contribution in [2.24, 2.45) is 0 Å². The van der Waals surface area contributed by atoms with Crippen LogP contribution in [0.2, 0.25) is 0 Å². The minimum Gasteiger partial charge on any atom is -0.468 e. The molecule has 0 saturated carbocycles. The van der Waals surface area contributed by atoms with Crippen LogP contribution in [0, 0.1) is 0 Å². The smallest absolute Gasteiger partial charge is 0.343 e. The van der Waals surface area contributed by atoms with Crippen molar-refractivity contribution < 1.29 is 13.9 Å². The number of aromatic nitrogens is 2. The number of carbonyl (C=O) groups excluding carboxylic acids is 1. The number of nitrogens with zero attached hydrogens (tertiary/aromatic N) is 2. The van der Waals surface area contributed by atoms with Crippen LogP contribution in [0.15, 0.2) is 34.2 Å². The standard InChI is InChI=1S/C12H13N3O3S/c1-2-17-11(16)9-6-14-12(15-10(9)13)19-7-8-4-3-5-18-8/h3-6H,2,7H2,1H3,(H2,13,14,15). The van der Waals surface area contributed by atoms with E-state index in [-0.39, 0.29) is 18.0 Å². The van der Waals surface area contributed by atoms with E-state index in [4.69, 9.17) is 14.9 Å². The summed E-state index contributed by atoms with van der Waals surface area (Å²) < 4.78 is 10.0. The highest BCUT2D eigenvalue weighted by atomic mass is 32.2. The van der Waals surface area contributed by atoms with Gasteiger partial charge < -0.3 is 14.9 Å². The van der Waals surface area contributed by atoms with Crippen LogP contribution in [0.4, 0.5) is 5.82 Å². The molecule has 0 unspecified atom stereocenters. The van der Waals surface area contributed by atoms with Crippen LogP contribution in [-0.2, 0) is 10.5 Å². The monoisotopic (exact) mass is 279 g/mol. The second-order valence-corrected chi connectivity index (χ2v) is 4.48. The second-order valence-electron chi connectivity index (χ2n) is 3.54. The number of esters is 1. The highest BCUT2D eigenvalue weighted by Gasteiger charge is 2.13. The molecule has 0 aliphatic heterocycles. The van der Waals surface area contributed by atoms with Gasteiger partial charge in [-0.2, -0.15) is 0 Å². The van der Waals surface area contributed by atoms with Crippen molar-refractivity contribution in [1.29, 1.82) is 0 Å². The molecular weight excluding hydrogens is 266 g/mol. The highest BCUT2D eigenvalue weighted by molar-refractivity contribution is 7.98. The van der Waals surface area contributed by atoms with E-state index in [0.717, 1.165) is 5.76 Å². The van der Waals surface area contributed by atoms with Crippen molar-refractivity contribution in [3.8, 4) is 0 Å². The quantitative estimate of drug-likeness (QED) is 0.509. The van der Waals surface area contributed by atoms with Crippen LogP contribution in [0.5, 0.6) is 0 Å². The molecular formula is C12H13N3O3S. The van der Waals surface area contributed by atoms with Gasteiger partial charge in [0.2, 0.25) is 0 Å². The molecule has 2 rings (SSSR count). The number of ether oxygens (including phenoxy) is 1. The molecule has 0 fully saturated rings. The Hall–Kier alpha value is -2.02. The van der Waals surface area contributed by atoms with Gasteiger partial charge in [0.15, 0.2) is 5.16 Å². The highest BCUT2D eigenvalue weighted by Crippen LogP contribution is 2.21. The Bertz CT molecular complexity index is 557. The van der Waals surface area contributed by atoms with Crippen LogP contribution in [0.3, 0.4) is 0 Å². The van der Waals surface area contributed by atoms with Crippen molar-refractivity contribution in [3.05, 3.63) is 35.9 Å².